The van der Waals surface area contributed by atoms with Gasteiger partial charge in [-0.15, -0.1) is 0 Å². The maximum Gasteiger partial charge on any atom is 0.271 e. The van der Waals surface area contributed by atoms with Crippen LogP contribution in [-0.4, -0.2) is 11.1 Å². The van der Waals surface area contributed by atoms with Crippen molar-refractivity contribution in [3.05, 3.63) is 94.5 Å². The summed E-state index contributed by atoms with van der Waals surface area (Å²) in [5.41, 5.74) is 1.39. The van der Waals surface area contributed by atoms with Gasteiger partial charge in [-0.25, -0.2) is 0 Å². The van der Waals surface area contributed by atoms with Crippen LogP contribution in [0.15, 0.2) is 83.9 Å². The first-order valence-corrected chi connectivity index (χ1v) is 7.32. The average Bonchev–Trinajstić information content (AvgIpc) is 2.61. The van der Waals surface area contributed by atoms with Crippen molar-refractivity contribution in [1.82, 2.24) is 0 Å². The number of nitro groups is 1. The summed E-state index contributed by atoms with van der Waals surface area (Å²) in [5.74, 6) is 1.45. The molecule has 0 aliphatic carbocycles. The number of rotatable bonds is 5. The molecule has 0 saturated heterocycles. The van der Waals surface area contributed by atoms with E-state index in [1.165, 1.54) is 12.1 Å². The fraction of sp³-hybridized carbons (Fsp3) is 0. The molecule has 118 valence electrons. The van der Waals surface area contributed by atoms with Crippen molar-refractivity contribution in [2.75, 3.05) is 0 Å². The number of aliphatic imine (C=N–C) groups is 1. The van der Waals surface area contributed by atoms with Crippen LogP contribution in [0, 0.1) is 10.1 Å². The van der Waals surface area contributed by atoms with E-state index in [4.69, 9.17) is 4.74 Å². The maximum atomic E-state index is 10.8. The van der Waals surface area contributed by atoms with E-state index in [-0.39, 0.29) is 5.69 Å². The van der Waals surface area contributed by atoms with Crippen LogP contribution in [0.2, 0.25) is 0 Å². The van der Waals surface area contributed by atoms with E-state index in [2.05, 4.69) is 4.99 Å². The van der Waals surface area contributed by atoms with Gasteiger partial charge in [0.1, 0.15) is 11.5 Å². The van der Waals surface area contributed by atoms with E-state index in [0.717, 1.165) is 11.3 Å². The average molecular weight is 318 g/mol. The molecule has 24 heavy (non-hydrogen) atoms. The van der Waals surface area contributed by atoms with Gasteiger partial charge in [-0.3, -0.25) is 15.1 Å². The second kappa shape index (κ2) is 7.19. The molecule has 0 spiro atoms. The molecule has 0 aliphatic rings. The van der Waals surface area contributed by atoms with Crippen LogP contribution in [0.4, 0.5) is 11.4 Å². The summed E-state index contributed by atoms with van der Waals surface area (Å²) in [6.07, 6.45) is 1.65. The Hall–Kier alpha value is -3.47. The van der Waals surface area contributed by atoms with Gasteiger partial charge < -0.3 is 4.74 Å². The molecule has 0 amide bonds. The number of ether oxygens (including phenoxy) is 1. The highest BCUT2D eigenvalue weighted by Gasteiger charge is 2.04. The van der Waals surface area contributed by atoms with E-state index < -0.39 is 4.92 Å². The van der Waals surface area contributed by atoms with Crippen molar-refractivity contribution in [1.29, 1.82) is 0 Å². The van der Waals surface area contributed by atoms with Gasteiger partial charge in [0, 0.05) is 18.3 Å². The highest BCUT2D eigenvalue weighted by atomic mass is 16.6. The molecule has 5 nitrogen and oxygen atoms in total. The zero-order chi connectivity index (χ0) is 16.8. The number of para-hydroxylation sites is 1. The summed E-state index contributed by atoms with van der Waals surface area (Å²) < 4.78 is 5.77. The van der Waals surface area contributed by atoms with Gasteiger partial charge in [0.05, 0.1) is 10.6 Å². The smallest absolute Gasteiger partial charge is 0.271 e. The van der Waals surface area contributed by atoms with Crippen LogP contribution in [-0.2, 0) is 0 Å². The molecule has 0 atom stereocenters. The number of non-ortho nitro benzene ring substituents is 1. The molecule has 5 heteroatoms. The lowest BCUT2D eigenvalue weighted by Crippen LogP contribution is -1.87. The van der Waals surface area contributed by atoms with E-state index in [0.29, 0.717) is 11.4 Å². The Balaban J connectivity index is 1.77. The number of nitrogens with zero attached hydrogens (tertiary/aromatic N) is 2. The van der Waals surface area contributed by atoms with Gasteiger partial charge in [-0.05, 0) is 35.9 Å². The summed E-state index contributed by atoms with van der Waals surface area (Å²) in [6.45, 7) is 0. The second-order valence-corrected chi connectivity index (χ2v) is 5.02. The Morgan fingerprint density at radius 1 is 0.875 bits per heavy atom. The van der Waals surface area contributed by atoms with Gasteiger partial charge in [-0.2, -0.15) is 0 Å². The molecule has 0 saturated carbocycles. The predicted molar refractivity (Wildman–Crippen MR) is 93.3 cm³/mol. The fourth-order valence-corrected chi connectivity index (χ4v) is 2.12. The van der Waals surface area contributed by atoms with Crippen LogP contribution in [0.1, 0.15) is 5.56 Å². The van der Waals surface area contributed by atoms with Crippen molar-refractivity contribution >= 4 is 17.6 Å². The molecule has 3 aromatic rings. The molecule has 0 fully saturated rings. The summed E-state index contributed by atoms with van der Waals surface area (Å²) in [4.78, 5) is 14.6. The van der Waals surface area contributed by atoms with Gasteiger partial charge >= 0.3 is 0 Å². The van der Waals surface area contributed by atoms with Crippen LogP contribution >= 0.6 is 0 Å². The number of hydrogen-bond donors (Lipinski definition) is 0. The molecule has 3 rings (SSSR count). The Morgan fingerprint density at radius 3 is 2.42 bits per heavy atom. The largest absolute Gasteiger partial charge is 0.457 e. The van der Waals surface area contributed by atoms with Crippen LogP contribution in [0.25, 0.3) is 0 Å². The minimum Gasteiger partial charge on any atom is -0.457 e. The quantitative estimate of drug-likeness (QED) is 0.372. The maximum absolute atomic E-state index is 10.8. The van der Waals surface area contributed by atoms with E-state index in [1.807, 2.05) is 54.6 Å². The summed E-state index contributed by atoms with van der Waals surface area (Å²) in [5, 5.41) is 10.8. The van der Waals surface area contributed by atoms with E-state index in [1.54, 1.807) is 18.3 Å². The van der Waals surface area contributed by atoms with Crippen molar-refractivity contribution in [2.45, 2.75) is 0 Å². The predicted octanol–water partition coefficient (Wildman–Crippen LogP) is 5.14. The zero-order valence-electron chi connectivity index (χ0n) is 12.7. The van der Waals surface area contributed by atoms with Crippen molar-refractivity contribution in [3.63, 3.8) is 0 Å². The summed E-state index contributed by atoms with van der Waals surface area (Å²) in [6, 6.07) is 23.2. The Morgan fingerprint density at radius 2 is 1.62 bits per heavy atom. The van der Waals surface area contributed by atoms with Crippen LogP contribution in [0.3, 0.4) is 0 Å². The number of benzene rings is 3. The minimum atomic E-state index is -0.437. The molecule has 0 aliphatic heterocycles. The highest BCUT2D eigenvalue weighted by molar-refractivity contribution is 5.82. The first-order valence-electron chi connectivity index (χ1n) is 7.32. The third-order valence-corrected chi connectivity index (χ3v) is 3.24. The molecule has 0 bridgehead atoms. The van der Waals surface area contributed by atoms with Crippen molar-refractivity contribution < 1.29 is 9.66 Å². The Bertz CT molecular complexity index is 877. The number of hydrogen-bond acceptors (Lipinski definition) is 4. The second-order valence-electron chi connectivity index (χ2n) is 5.02. The molecule has 3 aromatic carbocycles. The SMILES string of the molecule is O=[N+]([O-])c1cccc(N=Cc2cccc(Oc3ccccc3)c2)c1. The lowest BCUT2D eigenvalue weighted by atomic mass is 10.2. The lowest BCUT2D eigenvalue weighted by Gasteiger charge is -2.05. The molecule has 0 N–H and O–H groups in total. The van der Waals surface area contributed by atoms with E-state index >= 15 is 0 Å². The van der Waals surface area contributed by atoms with Gasteiger partial charge in [-0.1, -0.05) is 36.4 Å². The normalized spacial score (nSPS) is 10.7. The van der Waals surface area contributed by atoms with Crippen molar-refractivity contribution in [3.8, 4) is 11.5 Å². The lowest BCUT2D eigenvalue weighted by molar-refractivity contribution is -0.384. The van der Waals surface area contributed by atoms with Gasteiger partial charge in [0.25, 0.3) is 5.69 Å². The summed E-state index contributed by atoms with van der Waals surface area (Å²) in [7, 11) is 0. The first-order chi connectivity index (χ1) is 11.7. The van der Waals surface area contributed by atoms with E-state index in [9.17, 15) is 10.1 Å². The Kier molecular flexibility index (Phi) is 4.62. The molecule has 0 heterocycles. The third kappa shape index (κ3) is 4.04. The standard InChI is InChI=1S/C19H14N2O3/c22-21(23)17-8-5-7-16(13-17)20-14-15-6-4-11-19(12-15)24-18-9-2-1-3-10-18/h1-14H. The zero-order valence-corrected chi connectivity index (χ0v) is 12.7. The molecule has 0 radical (unpaired) electrons. The third-order valence-electron chi connectivity index (χ3n) is 3.24. The summed E-state index contributed by atoms with van der Waals surface area (Å²) >= 11 is 0. The highest BCUT2D eigenvalue weighted by Crippen LogP contribution is 2.22. The fourth-order valence-electron chi connectivity index (χ4n) is 2.12. The molecule has 0 aromatic heterocycles. The van der Waals surface area contributed by atoms with Crippen LogP contribution in [0.5, 0.6) is 11.5 Å². The monoisotopic (exact) mass is 318 g/mol. The molecule has 0 unspecified atom stereocenters. The number of nitro benzene ring substituents is 1. The topological polar surface area (TPSA) is 64.7 Å². The molecular weight excluding hydrogens is 304 g/mol. The first kappa shape index (κ1) is 15.4. The van der Waals surface area contributed by atoms with Gasteiger partial charge in [0.15, 0.2) is 0 Å². The van der Waals surface area contributed by atoms with Crippen molar-refractivity contribution in [2.24, 2.45) is 4.99 Å². The molecular formula is C19H14N2O3. The minimum absolute atomic E-state index is 0.0193. The van der Waals surface area contributed by atoms with Crippen LogP contribution < -0.4 is 4.74 Å². The van der Waals surface area contributed by atoms with Gasteiger partial charge in [0.2, 0.25) is 0 Å². The Labute approximate surface area is 139 Å².